The largest absolute Gasteiger partial charge is 0.352 e. The van der Waals surface area contributed by atoms with Crippen molar-refractivity contribution in [2.75, 3.05) is 13.1 Å². The maximum atomic E-state index is 13.6. The van der Waals surface area contributed by atoms with Gasteiger partial charge in [0.2, 0.25) is 5.91 Å². The van der Waals surface area contributed by atoms with Gasteiger partial charge in [-0.25, -0.2) is 4.98 Å². The summed E-state index contributed by atoms with van der Waals surface area (Å²) in [5.41, 5.74) is 5.53. The molecule has 2 amide bonds. The van der Waals surface area contributed by atoms with E-state index in [0.29, 0.717) is 38.0 Å². The summed E-state index contributed by atoms with van der Waals surface area (Å²) in [5.74, 6) is -0.00265. The lowest BCUT2D eigenvalue weighted by atomic mass is 9.94. The molecule has 5 rings (SSSR count). The van der Waals surface area contributed by atoms with Crippen LogP contribution in [-0.4, -0.2) is 34.8 Å². The predicted molar refractivity (Wildman–Crippen MR) is 139 cm³/mol. The van der Waals surface area contributed by atoms with Crippen molar-refractivity contribution in [3.63, 3.8) is 0 Å². The van der Waals surface area contributed by atoms with Crippen molar-refractivity contribution in [2.24, 2.45) is 5.92 Å². The maximum absolute atomic E-state index is 13.6. The van der Waals surface area contributed by atoms with Gasteiger partial charge in [0.25, 0.3) is 5.91 Å². The Hall–Kier alpha value is -3.99. The number of aromatic nitrogens is 1. The molecule has 1 aliphatic rings. The van der Waals surface area contributed by atoms with Crippen molar-refractivity contribution in [1.82, 2.24) is 15.2 Å². The first kappa shape index (κ1) is 22.8. The summed E-state index contributed by atoms with van der Waals surface area (Å²) >= 11 is 0. The molecule has 35 heavy (non-hydrogen) atoms. The fourth-order valence-corrected chi connectivity index (χ4v) is 4.67. The van der Waals surface area contributed by atoms with Crippen molar-refractivity contribution in [1.29, 1.82) is 0 Å². The van der Waals surface area contributed by atoms with Gasteiger partial charge in [0, 0.05) is 36.5 Å². The minimum absolute atomic E-state index is 0.0000976. The molecule has 2 heterocycles. The van der Waals surface area contributed by atoms with Crippen LogP contribution < -0.4 is 5.32 Å². The van der Waals surface area contributed by atoms with E-state index in [2.05, 4.69) is 24.4 Å². The number of hydrogen-bond acceptors (Lipinski definition) is 3. The molecule has 1 aliphatic heterocycles. The van der Waals surface area contributed by atoms with Crippen LogP contribution in [0.25, 0.3) is 22.2 Å². The van der Waals surface area contributed by atoms with Gasteiger partial charge in [-0.3, -0.25) is 9.59 Å². The van der Waals surface area contributed by atoms with E-state index in [1.807, 2.05) is 77.7 Å². The topological polar surface area (TPSA) is 62.3 Å². The summed E-state index contributed by atoms with van der Waals surface area (Å²) < 4.78 is 0. The van der Waals surface area contributed by atoms with E-state index in [4.69, 9.17) is 4.98 Å². The number of para-hydroxylation sites is 1. The number of pyridine rings is 1. The zero-order chi connectivity index (χ0) is 24.2. The van der Waals surface area contributed by atoms with Crippen LogP contribution in [-0.2, 0) is 11.3 Å². The first-order valence-corrected chi connectivity index (χ1v) is 12.2. The van der Waals surface area contributed by atoms with Crippen LogP contribution in [0, 0.1) is 12.8 Å². The van der Waals surface area contributed by atoms with Gasteiger partial charge < -0.3 is 10.2 Å². The SMILES string of the molecule is Cc1ccc(-c2cc(C(=O)N3CCC(C(=O)NCc4ccccc4)CC3)c3ccccc3n2)cc1. The number of fused-ring (bicyclic) bond motifs is 1. The summed E-state index contributed by atoms with van der Waals surface area (Å²) in [5, 5.41) is 3.90. The third-order valence-electron chi connectivity index (χ3n) is 6.76. The quantitative estimate of drug-likeness (QED) is 0.432. The summed E-state index contributed by atoms with van der Waals surface area (Å²) in [7, 11) is 0. The number of nitrogens with one attached hydrogen (secondary N) is 1. The number of amides is 2. The lowest BCUT2D eigenvalue weighted by molar-refractivity contribution is -0.126. The van der Waals surface area contributed by atoms with Gasteiger partial charge in [-0.1, -0.05) is 78.4 Å². The average molecular weight is 464 g/mol. The Morgan fingerprint density at radius 3 is 2.34 bits per heavy atom. The first-order chi connectivity index (χ1) is 17.1. The fourth-order valence-electron chi connectivity index (χ4n) is 4.67. The van der Waals surface area contributed by atoms with Crippen LogP contribution >= 0.6 is 0 Å². The van der Waals surface area contributed by atoms with Crippen molar-refractivity contribution in [2.45, 2.75) is 26.3 Å². The lowest BCUT2D eigenvalue weighted by Crippen LogP contribution is -2.43. The Kier molecular flexibility index (Phi) is 6.57. The number of likely N-dealkylation sites (tertiary alicyclic amines) is 1. The average Bonchev–Trinajstić information content (AvgIpc) is 2.92. The van der Waals surface area contributed by atoms with Crippen LogP contribution in [0.2, 0.25) is 0 Å². The van der Waals surface area contributed by atoms with Crippen LogP contribution in [0.1, 0.15) is 34.3 Å². The molecule has 1 fully saturated rings. The summed E-state index contributed by atoms with van der Waals surface area (Å²) in [4.78, 5) is 33.0. The number of nitrogens with zero attached hydrogens (tertiary/aromatic N) is 2. The second kappa shape index (κ2) is 10.1. The molecule has 1 saturated heterocycles. The van der Waals surface area contributed by atoms with Crippen molar-refractivity contribution >= 4 is 22.7 Å². The molecule has 0 saturated carbocycles. The molecule has 3 aromatic carbocycles. The van der Waals surface area contributed by atoms with E-state index in [0.717, 1.165) is 27.7 Å². The first-order valence-electron chi connectivity index (χ1n) is 12.2. The predicted octanol–water partition coefficient (Wildman–Crippen LogP) is 5.38. The smallest absolute Gasteiger partial charge is 0.254 e. The van der Waals surface area contributed by atoms with Gasteiger partial charge in [0.15, 0.2) is 0 Å². The minimum atomic E-state index is -0.0694. The number of carbonyl (C=O) groups is 2. The zero-order valence-corrected chi connectivity index (χ0v) is 19.9. The molecular weight excluding hydrogens is 434 g/mol. The van der Waals surface area contributed by atoms with E-state index in [1.165, 1.54) is 5.56 Å². The van der Waals surface area contributed by atoms with Crippen LogP contribution in [0.4, 0.5) is 0 Å². The Morgan fingerprint density at radius 2 is 1.60 bits per heavy atom. The summed E-state index contributed by atoms with van der Waals surface area (Å²) in [6, 6.07) is 27.8. The maximum Gasteiger partial charge on any atom is 0.254 e. The third-order valence-corrected chi connectivity index (χ3v) is 6.76. The highest BCUT2D eigenvalue weighted by atomic mass is 16.2. The molecule has 4 aromatic rings. The molecule has 0 unspecified atom stereocenters. The standard InChI is InChI=1S/C30H29N3O2/c1-21-11-13-23(14-12-21)28-19-26(25-9-5-6-10-27(25)32-28)30(35)33-17-15-24(16-18-33)29(34)31-20-22-7-3-2-4-8-22/h2-14,19,24H,15-18,20H2,1H3,(H,31,34). The highest BCUT2D eigenvalue weighted by Gasteiger charge is 2.28. The normalized spacial score (nSPS) is 14.1. The lowest BCUT2D eigenvalue weighted by Gasteiger charge is -2.31. The van der Waals surface area contributed by atoms with Crippen molar-refractivity contribution in [3.8, 4) is 11.3 Å². The monoisotopic (exact) mass is 463 g/mol. The van der Waals surface area contributed by atoms with E-state index < -0.39 is 0 Å². The Morgan fingerprint density at radius 1 is 0.914 bits per heavy atom. The van der Waals surface area contributed by atoms with Crippen molar-refractivity contribution < 1.29 is 9.59 Å². The van der Waals surface area contributed by atoms with Crippen LogP contribution in [0.15, 0.2) is 84.9 Å². The van der Waals surface area contributed by atoms with Gasteiger partial charge >= 0.3 is 0 Å². The molecule has 0 atom stereocenters. The number of carbonyl (C=O) groups excluding carboxylic acids is 2. The van der Waals surface area contributed by atoms with Gasteiger partial charge in [-0.2, -0.15) is 0 Å². The molecule has 1 N–H and O–H groups in total. The second-order valence-electron chi connectivity index (χ2n) is 9.21. The third kappa shape index (κ3) is 5.09. The molecule has 176 valence electrons. The van der Waals surface area contributed by atoms with Crippen LogP contribution in [0.5, 0.6) is 0 Å². The zero-order valence-electron chi connectivity index (χ0n) is 19.9. The number of piperidine rings is 1. The summed E-state index contributed by atoms with van der Waals surface area (Å²) in [6.07, 6.45) is 1.33. The Bertz CT molecular complexity index is 1340. The van der Waals surface area contributed by atoms with Gasteiger partial charge in [0.1, 0.15) is 0 Å². The molecule has 0 aliphatic carbocycles. The summed E-state index contributed by atoms with van der Waals surface area (Å²) in [6.45, 7) is 3.72. The molecule has 0 radical (unpaired) electrons. The van der Waals surface area contributed by atoms with Gasteiger partial charge in [0.05, 0.1) is 16.8 Å². The number of rotatable bonds is 5. The number of hydrogen-bond donors (Lipinski definition) is 1. The molecule has 5 heteroatoms. The molecule has 5 nitrogen and oxygen atoms in total. The Labute approximate surface area is 205 Å². The molecule has 1 aromatic heterocycles. The molecule has 0 spiro atoms. The van der Waals surface area contributed by atoms with Crippen LogP contribution in [0.3, 0.4) is 0 Å². The number of aryl methyl sites for hydroxylation is 1. The minimum Gasteiger partial charge on any atom is -0.352 e. The Balaban J connectivity index is 1.30. The van der Waals surface area contributed by atoms with E-state index in [9.17, 15) is 9.59 Å². The van der Waals surface area contributed by atoms with E-state index >= 15 is 0 Å². The van der Waals surface area contributed by atoms with E-state index in [1.54, 1.807) is 0 Å². The highest BCUT2D eigenvalue weighted by Crippen LogP contribution is 2.28. The van der Waals surface area contributed by atoms with Crippen molar-refractivity contribution in [3.05, 3.63) is 102 Å². The molecule has 0 bridgehead atoms. The van der Waals surface area contributed by atoms with Gasteiger partial charge in [-0.15, -0.1) is 0 Å². The van der Waals surface area contributed by atoms with Gasteiger partial charge in [-0.05, 0) is 37.5 Å². The second-order valence-corrected chi connectivity index (χ2v) is 9.21. The fraction of sp³-hybridized carbons (Fsp3) is 0.233. The number of benzene rings is 3. The highest BCUT2D eigenvalue weighted by molar-refractivity contribution is 6.07. The molecular formula is C30H29N3O2. The van der Waals surface area contributed by atoms with E-state index in [-0.39, 0.29) is 17.7 Å².